The molecule has 0 spiro atoms. The van der Waals surface area contributed by atoms with Crippen LogP contribution in [0, 0.1) is 0 Å². The maximum absolute atomic E-state index is 8.82. The molecule has 1 nitrogen and oxygen atoms in total. The van der Waals surface area contributed by atoms with Crippen molar-refractivity contribution < 1.29 is 5.11 Å². The van der Waals surface area contributed by atoms with Crippen LogP contribution in [0.5, 0.6) is 0 Å². The predicted molar refractivity (Wildman–Crippen MR) is 74.7 cm³/mol. The van der Waals surface area contributed by atoms with Crippen LogP contribution in [0.25, 0.3) is 11.1 Å². The first-order chi connectivity index (χ1) is 8.88. The minimum absolute atomic E-state index is 0.302. The molecule has 0 saturated heterocycles. The lowest BCUT2D eigenvalue weighted by Crippen LogP contribution is -1.90. The molecule has 0 unspecified atom stereocenters. The van der Waals surface area contributed by atoms with Gasteiger partial charge in [0.05, 0.1) is 0 Å². The number of benzene rings is 2. The van der Waals surface area contributed by atoms with E-state index in [0.717, 1.165) is 25.7 Å². The van der Waals surface area contributed by atoms with Crippen molar-refractivity contribution in [2.24, 2.45) is 0 Å². The van der Waals surface area contributed by atoms with Gasteiger partial charge in [-0.1, -0.05) is 42.5 Å². The van der Waals surface area contributed by atoms with E-state index in [4.69, 9.17) is 5.11 Å². The summed E-state index contributed by atoms with van der Waals surface area (Å²) in [6.45, 7) is 0.302. The molecule has 2 aromatic carbocycles. The molecule has 92 valence electrons. The highest BCUT2D eigenvalue weighted by Crippen LogP contribution is 2.36. The Labute approximate surface area is 108 Å². The summed E-state index contributed by atoms with van der Waals surface area (Å²) in [5, 5.41) is 8.82. The molecule has 1 aliphatic carbocycles. The van der Waals surface area contributed by atoms with Crippen LogP contribution in [-0.2, 0) is 12.8 Å². The van der Waals surface area contributed by atoms with Crippen LogP contribution < -0.4 is 0 Å². The fraction of sp³-hybridized carbons (Fsp3) is 0.294. The van der Waals surface area contributed by atoms with Crippen LogP contribution in [0.2, 0.25) is 0 Å². The van der Waals surface area contributed by atoms with Gasteiger partial charge in [0.2, 0.25) is 0 Å². The highest BCUT2D eigenvalue weighted by atomic mass is 16.2. The van der Waals surface area contributed by atoms with E-state index in [1.807, 2.05) is 0 Å². The number of fused-ring (bicyclic) bond motifs is 3. The van der Waals surface area contributed by atoms with Crippen LogP contribution in [0.1, 0.15) is 29.5 Å². The Balaban J connectivity index is 1.84. The normalized spacial score (nSPS) is 12.3. The maximum atomic E-state index is 8.82. The summed E-state index contributed by atoms with van der Waals surface area (Å²) in [5.41, 5.74) is 7.10. The zero-order valence-corrected chi connectivity index (χ0v) is 10.5. The SMILES string of the molecule is OCCCCc1ccc2c(c1)Cc1ccccc1-2. The first-order valence-corrected chi connectivity index (χ1v) is 6.69. The number of aliphatic hydroxyl groups excluding tert-OH is 1. The topological polar surface area (TPSA) is 20.2 Å². The molecule has 0 bridgehead atoms. The zero-order chi connectivity index (χ0) is 12.4. The number of rotatable bonds is 4. The fourth-order valence-electron chi connectivity index (χ4n) is 2.79. The fourth-order valence-corrected chi connectivity index (χ4v) is 2.79. The summed E-state index contributed by atoms with van der Waals surface area (Å²) in [6.07, 6.45) is 4.11. The Hall–Kier alpha value is -1.60. The molecule has 0 saturated carbocycles. The van der Waals surface area contributed by atoms with Gasteiger partial charge >= 0.3 is 0 Å². The van der Waals surface area contributed by atoms with Crippen molar-refractivity contribution in [1.29, 1.82) is 0 Å². The largest absolute Gasteiger partial charge is 0.396 e. The molecule has 1 aliphatic rings. The number of aryl methyl sites for hydroxylation is 1. The van der Waals surface area contributed by atoms with E-state index in [1.54, 1.807) is 0 Å². The van der Waals surface area contributed by atoms with E-state index >= 15 is 0 Å². The van der Waals surface area contributed by atoms with E-state index < -0.39 is 0 Å². The van der Waals surface area contributed by atoms with Gasteiger partial charge in [-0.15, -0.1) is 0 Å². The van der Waals surface area contributed by atoms with Gasteiger partial charge in [-0.2, -0.15) is 0 Å². The first kappa shape index (κ1) is 11.5. The van der Waals surface area contributed by atoms with Crippen LogP contribution in [-0.4, -0.2) is 11.7 Å². The van der Waals surface area contributed by atoms with Crippen molar-refractivity contribution in [2.75, 3.05) is 6.61 Å². The van der Waals surface area contributed by atoms with E-state index in [0.29, 0.717) is 6.61 Å². The molecule has 0 fully saturated rings. The molecule has 1 N–H and O–H groups in total. The van der Waals surface area contributed by atoms with Gasteiger partial charge in [0.1, 0.15) is 0 Å². The molecule has 0 radical (unpaired) electrons. The lowest BCUT2D eigenvalue weighted by molar-refractivity contribution is 0.284. The predicted octanol–water partition coefficient (Wildman–Crippen LogP) is 3.57. The Morgan fingerprint density at radius 2 is 1.72 bits per heavy atom. The number of hydrogen-bond acceptors (Lipinski definition) is 1. The van der Waals surface area contributed by atoms with Gasteiger partial charge in [0.15, 0.2) is 0 Å². The second-order valence-corrected chi connectivity index (χ2v) is 5.01. The summed E-state index contributed by atoms with van der Waals surface area (Å²) in [4.78, 5) is 0. The average Bonchev–Trinajstić information content (AvgIpc) is 2.76. The van der Waals surface area contributed by atoms with Gasteiger partial charge < -0.3 is 5.11 Å². The molecule has 18 heavy (non-hydrogen) atoms. The number of hydrogen-bond donors (Lipinski definition) is 1. The van der Waals surface area contributed by atoms with Crippen molar-refractivity contribution in [3.63, 3.8) is 0 Å². The third-order valence-corrected chi connectivity index (χ3v) is 3.73. The first-order valence-electron chi connectivity index (χ1n) is 6.69. The molecular formula is C17H18O. The Bertz CT molecular complexity index is 557. The van der Waals surface area contributed by atoms with Gasteiger partial charge in [0, 0.05) is 6.61 Å². The summed E-state index contributed by atoms with van der Waals surface area (Å²) in [7, 11) is 0. The van der Waals surface area contributed by atoms with Crippen LogP contribution >= 0.6 is 0 Å². The van der Waals surface area contributed by atoms with Crippen molar-refractivity contribution in [1.82, 2.24) is 0 Å². The Kier molecular flexibility index (Phi) is 3.16. The van der Waals surface area contributed by atoms with E-state index in [9.17, 15) is 0 Å². The number of aliphatic hydroxyl groups is 1. The molecular weight excluding hydrogens is 220 g/mol. The van der Waals surface area contributed by atoms with Gasteiger partial charge in [-0.05, 0) is 53.5 Å². The molecule has 1 heteroatoms. The molecule has 0 heterocycles. The molecule has 0 aliphatic heterocycles. The van der Waals surface area contributed by atoms with Crippen molar-refractivity contribution in [3.05, 3.63) is 59.2 Å². The summed E-state index contributed by atoms with van der Waals surface area (Å²) < 4.78 is 0. The van der Waals surface area contributed by atoms with Crippen LogP contribution in [0.3, 0.4) is 0 Å². The summed E-state index contributed by atoms with van der Waals surface area (Å²) >= 11 is 0. The van der Waals surface area contributed by atoms with Crippen LogP contribution in [0.15, 0.2) is 42.5 Å². The maximum Gasteiger partial charge on any atom is 0.0431 e. The number of unbranched alkanes of at least 4 members (excludes halogenated alkanes) is 1. The van der Waals surface area contributed by atoms with E-state index in [1.165, 1.54) is 27.8 Å². The lowest BCUT2D eigenvalue weighted by atomic mass is 10.0. The standard InChI is InChI=1S/C17H18O/c18-10-4-3-5-13-8-9-17-15(11-13)12-14-6-1-2-7-16(14)17/h1-2,6-9,11,18H,3-5,10,12H2. The van der Waals surface area contributed by atoms with Crippen LogP contribution in [0.4, 0.5) is 0 Å². The molecule has 0 aromatic heterocycles. The third-order valence-electron chi connectivity index (χ3n) is 3.73. The van der Waals surface area contributed by atoms with Gasteiger partial charge in [-0.3, -0.25) is 0 Å². The van der Waals surface area contributed by atoms with Crippen molar-refractivity contribution >= 4 is 0 Å². The lowest BCUT2D eigenvalue weighted by Gasteiger charge is -2.05. The van der Waals surface area contributed by atoms with E-state index in [-0.39, 0.29) is 0 Å². The highest BCUT2D eigenvalue weighted by Gasteiger charge is 2.17. The quantitative estimate of drug-likeness (QED) is 0.689. The van der Waals surface area contributed by atoms with Crippen molar-refractivity contribution in [2.45, 2.75) is 25.7 Å². The second kappa shape index (κ2) is 4.95. The van der Waals surface area contributed by atoms with Crippen molar-refractivity contribution in [3.8, 4) is 11.1 Å². The third kappa shape index (κ3) is 2.06. The van der Waals surface area contributed by atoms with E-state index in [2.05, 4.69) is 42.5 Å². The zero-order valence-electron chi connectivity index (χ0n) is 10.5. The minimum Gasteiger partial charge on any atom is -0.396 e. The molecule has 2 aromatic rings. The molecule has 0 atom stereocenters. The highest BCUT2D eigenvalue weighted by molar-refractivity contribution is 5.76. The molecule has 3 rings (SSSR count). The smallest absolute Gasteiger partial charge is 0.0431 e. The summed E-state index contributed by atoms with van der Waals surface area (Å²) in [6, 6.07) is 15.5. The second-order valence-electron chi connectivity index (χ2n) is 5.01. The Morgan fingerprint density at radius 3 is 2.61 bits per heavy atom. The minimum atomic E-state index is 0.302. The van der Waals surface area contributed by atoms with Gasteiger partial charge in [0.25, 0.3) is 0 Å². The Morgan fingerprint density at radius 1 is 0.889 bits per heavy atom. The molecule has 0 amide bonds. The summed E-state index contributed by atoms with van der Waals surface area (Å²) in [5.74, 6) is 0. The monoisotopic (exact) mass is 238 g/mol. The van der Waals surface area contributed by atoms with Gasteiger partial charge in [-0.25, -0.2) is 0 Å². The average molecular weight is 238 g/mol.